The molecule has 1 saturated carbocycles. The summed E-state index contributed by atoms with van der Waals surface area (Å²) in [5.74, 6) is 0.0498. The monoisotopic (exact) mass is 467 g/mol. The molecule has 0 bridgehead atoms. The van der Waals surface area contributed by atoms with Crippen LogP contribution >= 0.6 is 34.7 Å². The highest BCUT2D eigenvalue weighted by Crippen LogP contribution is 2.34. The van der Waals surface area contributed by atoms with Gasteiger partial charge >= 0.3 is 12.0 Å². The number of thiazole rings is 1. The van der Waals surface area contributed by atoms with Crippen LogP contribution in [0.5, 0.6) is 0 Å². The molecule has 2 N–H and O–H groups in total. The van der Waals surface area contributed by atoms with Crippen molar-refractivity contribution in [1.82, 2.24) is 4.98 Å². The molecule has 1 aromatic heterocycles. The van der Waals surface area contributed by atoms with Gasteiger partial charge in [0.15, 0.2) is 5.13 Å². The van der Waals surface area contributed by atoms with Crippen LogP contribution < -0.4 is 10.2 Å². The molecule has 0 unspecified atom stereocenters. The summed E-state index contributed by atoms with van der Waals surface area (Å²) < 4.78 is 0.861. The Morgan fingerprint density at radius 2 is 2.03 bits per heavy atom. The maximum atomic E-state index is 13.1. The Hall–Kier alpha value is -1.77. The van der Waals surface area contributed by atoms with Gasteiger partial charge in [0.1, 0.15) is 0 Å². The molecule has 0 saturated heterocycles. The fourth-order valence-corrected chi connectivity index (χ4v) is 5.45. The van der Waals surface area contributed by atoms with E-state index in [0.717, 1.165) is 17.1 Å². The first-order chi connectivity index (χ1) is 14.3. The fraction of sp³-hybridized carbons (Fsp3) is 0.476. The van der Waals surface area contributed by atoms with Crippen molar-refractivity contribution < 1.29 is 14.7 Å². The molecule has 9 heteroatoms. The standard InChI is InChI=1S/C21H26ClN3O3S2/c1-21(2,18(26)27)13-29-17-11-23-19(30-17)24-20(28)25(12-14-7-3-4-8-14)16-10-6-5-9-15(16)22/h5-6,9-11,14H,3-4,7-8,12-13H2,1-2H3,(H,26,27)(H,23,24,28). The van der Waals surface area contributed by atoms with Crippen molar-refractivity contribution in [2.24, 2.45) is 11.3 Å². The first kappa shape index (κ1) is 22.9. The number of hydrogen-bond acceptors (Lipinski definition) is 5. The van der Waals surface area contributed by atoms with Crippen LogP contribution in [0.2, 0.25) is 5.02 Å². The molecule has 0 radical (unpaired) electrons. The summed E-state index contributed by atoms with van der Waals surface area (Å²) in [5.41, 5.74) is -0.141. The molecule has 6 nitrogen and oxygen atoms in total. The van der Waals surface area contributed by atoms with E-state index in [0.29, 0.717) is 34.1 Å². The van der Waals surface area contributed by atoms with Crippen molar-refractivity contribution in [3.8, 4) is 0 Å². The molecule has 1 heterocycles. The van der Waals surface area contributed by atoms with E-state index in [9.17, 15) is 14.7 Å². The molecule has 0 aliphatic heterocycles. The number of nitrogens with one attached hydrogen (secondary N) is 1. The quantitative estimate of drug-likeness (QED) is 0.450. The summed E-state index contributed by atoms with van der Waals surface area (Å²) >= 11 is 9.15. The zero-order valence-corrected chi connectivity index (χ0v) is 19.4. The number of rotatable bonds is 8. The molecule has 1 aliphatic rings. The van der Waals surface area contributed by atoms with Crippen LogP contribution in [0.25, 0.3) is 0 Å². The maximum Gasteiger partial charge on any atom is 0.328 e. The molecule has 1 aromatic carbocycles. The van der Waals surface area contributed by atoms with E-state index >= 15 is 0 Å². The third-order valence-electron chi connectivity index (χ3n) is 5.16. The summed E-state index contributed by atoms with van der Waals surface area (Å²) in [5, 5.41) is 13.2. The van der Waals surface area contributed by atoms with Crippen LogP contribution in [0.4, 0.5) is 15.6 Å². The number of urea groups is 1. The highest BCUT2D eigenvalue weighted by atomic mass is 35.5. The minimum absolute atomic E-state index is 0.258. The summed E-state index contributed by atoms with van der Waals surface area (Å²) in [4.78, 5) is 30.4. The van der Waals surface area contributed by atoms with Gasteiger partial charge in [0, 0.05) is 12.3 Å². The molecule has 2 amide bonds. The molecular weight excluding hydrogens is 442 g/mol. The Labute approximate surface area is 190 Å². The lowest BCUT2D eigenvalue weighted by Crippen LogP contribution is -2.38. The van der Waals surface area contributed by atoms with Gasteiger partial charge in [0.2, 0.25) is 0 Å². The zero-order chi connectivity index (χ0) is 21.7. The molecule has 0 atom stereocenters. The van der Waals surface area contributed by atoms with E-state index in [-0.39, 0.29) is 6.03 Å². The van der Waals surface area contributed by atoms with E-state index < -0.39 is 11.4 Å². The van der Waals surface area contributed by atoms with Gasteiger partial charge in [-0.05, 0) is 44.7 Å². The summed E-state index contributed by atoms with van der Waals surface area (Å²) in [6.07, 6.45) is 6.29. The number of carboxylic acids is 1. The summed E-state index contributed by atoms with van der Waals surface area (Å²) in [7, 11) is 0. The van der Waals surface area contributed by atoms with Crippen molar-refractivity contribution in [3.05, 3.63) is 35.5 Å². The lowest BCUT2D eigenvalue weighted by molar-refractivity contribution is -0.145. The topological polar surface area (TPSA) is 82.5 Å². The van der Waals surface area contributed by atoms with Crippen LogP contribution in [0.15, 0.2) is 34.7 Å². The maximum absolute atomic E-state index is 13.1. The van der Waals surface area contributed by atoms with Crippen LogP contribution in [0.3, 0.4) is 0 Å². The third-order valence-corrected chi connectivity index (χ3v) is 8.04. The predicted molar refractivity (Wildman–Crippen MR) is 124 cm³/mol. The van der Waals surface area contributed by atoms with E-state index in [2.05, 4.69) is 10.3 Å². The van der Waals surface area contributed by atoms with Gasteiger partial charge in [-0.1, -0.05) is 47.9 Å². The number of carbonyl (C=O) groups is 2. The predicted octanol–water partition coefficient (Wildman–Crippen LogP) is 6.23. The molecule has 3 rings (SSSR count). The molecule has 0 spiro atoms. The summed E-state index contributed by atoms with van der Waals surface area (Å²) in [6, 6.07) is 7.10. The lowest BCUT2D eigenvalue weighted by atomic mass is 9.97. The van der Waals surface area contributed by atoms with Crippen LogP contribution in [-0.2, 0) is 4.79 Å². The lowest BCUT2D eigenvalue weighted by Gasteiger charge is -2.26. The number of aromatic nitrogens is 1. The molecular formula is C21H26ClN3O3S2. The number of thioether (sulfide) groups is 1. The van der Waals surface area contributed by atoms with Gasteiger partial charge in [0.05, 0.1) is 26.5 Å². The second-order valence-corrected chi connectivity index (χ2v) is 10.8. The van der Waals surface area contributed by atoms with Gasteiger partial charge in [-0.25, -0.2) is 9.78 Å². The van der Waals surface area contributed by atoms with Crippen molar-refractivity contribution in [1.29, 1.82) is 0 Å². The smallest absolute Gasteiger partial charge is 0.328 e. The van der Waals surface area contributed by atoms with Gasteiger partial charge in [-0.15, -0.1) is 11.8 Å². The largest absolute Gasteiger partial charge is 0.481 e. The SMILES string of the molecule is CC(C)(CSc1cnc(NC(=O)N(CC2CCCC2)c2ccccc2Cl)s1)C(=O)O. The van der Waals surface area contributed by atoms with Crippen molar-refractivity contribution >= 4 is 57.5 Å². The summed E-state index contributed by atoms with van der Waals surface area (Å²) in [6.45, 7) is 4.00. The molecule has 162 valence electrons. The molecule has 2 aromatic rings. The van der Waals surface area contributed by atoms with Gasteiger partial charge in [0.25, 0.3) is 0 Å². The number of hydrogen-bond donors (Lipinski definition) is 2. The Bertz CT molecular complexity index is 897. The Kier molecular flexibility index (Phi) is 7.65. The first-order valence-electron chi connectivity index (χ1n) is 9.91. The second-order valence-electron chi connectivity index (χ2n) is 8.10. The molecule has 30 heavy (non-hydrogen) atoms. The average Bonchev–Trinajstić information content (AvgIpc) is 3.37. The number of benzene rings is 1. The fourth-order valence-electron chi connectivity index (χ4n) is 3.27. The van der Waals surface area contributed by atoms with Crippen molar-refractivity contribution in [2.75, 3.05) is 22.5 Å². The number of anilines is 2. The second kappa shape index (κ2) is 10.0. The number of amides is 2. The number of para-hydroxylation sites is 1. The van der Waals surface area contributed by atoms with Gasteiger partial charge in [-0.2, -0.15) is 0 Å². The molecule has 1 aliphatic carbocycles. The van der Waals surface area contributed by atoms with E-state index in [4.69, 9.17) is 11.6 Å². The minimum atomic E-state index is -0.838. The number of nitrogens with zero attached hydrogens (tertiary/aromatic N) is 2. The van der Waals surface area contributed by atoms with Crippen LogP contribution in [0, 0.1) is 11.3 Å². The Morgan fingerprint density at radius 1 is 1.33 bits per heavy atom. The zero-order valence-electron chi connectivity index (χ0n) is 17.1. The number of carbonyl (C=O) groups excluding carboxylic acids is 1. The van der Waals surface area contributed by atoms with E-state index in [1.165, 1.54) is 35.9 Å². The number of halogens is 1. The van der Waals surface area contributed by atoms with Crippen LogP contribution in [0.1, 0.15) is 39.5 Å². The van der Waals surface area contributed by atoms with Gasteiger partial charge in [-0.3, -0.25) is 15.0 Å². The highest BCUT2D eigenvalue weighted by molar-refractivity contribution is 8.01. The van der Waals surface area contributed by atoms with Gasteiger partial charge < -0.3 is 5.11 Å². The van der Waals surface area contributed by atoms with E-state index in [1.807, 2.05) is 18.2 Å². The highest BCUT2D eigenvalue weighted by Gasteiger charge is 2.28. The molecule has 1 fully saturated rings. The normalized spacial score (nSPS) is 14.6. The number of aliphatic carboxylic acids is 1. The average molecular weight is 468 g/mol. The number of carboxylic acid groups (broad SMARTS) is 1. The van der Waals surface area contributed by atoms with Crippen molar-refractivity contribution in [2.45, 2.75) is 43.7 Å². The third kappa shape index (κ3) is 5.89. The van der Waals surface area contributed by atoms with Crippen LogP contribution in [-0.4, -0.2) is 34.4 Å². The minimum Gasteiger partial charge on any atom is -0.481 e. The first-order valence-corrected chi connectivity index (χ1v) is 12.1. The van der Waals surface area contributed by atoms with Crippen molar-refractivity contribution in [3.63, 3.8) is 0 Å². The van der Waals surface area contributed by atoms with E-state index in [1.54, 1.807) is 31.0 Å². The Balaban J connectivity index is 1.69. The Morgan fingerprint density at radius 3 is 2.70 bits per heavy atom.